The SMILES string of the molecule is NS(=O)(=O)c1ccc(CCC(=O)N2CCC[C@@H]2c2ccc3c(c2)OCCO3)cc1. The molecule has 2 aliphatic heterocycles. The molecule has 4 rings (SSSR count). The minimum absolute atomic E-state index is 0.0445. The number of benzene rings is 2. The Balaban J connectivity index is 1.41. The number of aryl methyl sites for hydroxylation is 1. The van der Waals surface area contributed by atoms with E-state index in [-0.39, 0.29) is 16.8 Å². The van der Waals surface area contributed by atoms with Crippen LogP contribution in [0.15, 0.2) is 47.4 Å². The molecule has 7 nitrogen and oxygen atoms in total. The number of nitrogens with two attached hydrogens (primary N) is 1. The van der Waals surface area contributed by atoms with Crippen molar-refractivity contribution in [2.24, 2.45) is 5.14 Å². The topological polar surface area (TPSA) is 98.9 Å². The number of amides is 1. The van der Waals surface area contributed by atoms with Gasteiger partial charge in [-0.15, -0.1) is 0 Å². The van der Waals surface area contributed by atoms with Crippen LogP contribution in [0.3, 0.4) is 0 Å². The van der Waals surface area contributed by atoms with Gasteiger partial charge in [0.1, 0.15) is 13.2 Å². The standard InChI is InChI=1S/C21H24N2O5S/c22-29(25,26)17-7-3-15(4-8-17)5-10-21(24)23-11-1-2-18(23)16-6-9-19-20(14-16)28-13-12-27-19/h3-4,6-9,14,18H,1-2,5,10-13H2,(H2,22,25,26)/t18-/m1/s1. The predicted molar refractivity (Wildman–Crippen MR) is 107 cm³/mol. The lowest BCUT2D eigenvalue weighted by Gasteiger charge is -2.27. The Morgan fingerprint density at radius 3 is 2.52 bits per heavy atom. The highest BCUT2D eigenvalue weighted by Crippen LogP contribution is 2.38. The molecule has 0 saturated carbocycles. The molecule has 0 radical (unpaired) electrons. The predicted octanol–water partition coefficient (Wildman–Crippen LogP) is 2.40. The van der Waals surface area contributed by atoms with Gasteiger partial charge in [-0.2, -0.15) is 0 Å². The summed E-state index contributed by atoms with van der Waals surface area (Å²) >= 11 is 0. The molecular formula is C21H24N2O5S. The van der Waals surface area contributed by atoms with Gasteiger partial charge >= 0.3 is 0 Å². The summed E-state index contributed by atoms with van der Waals surface area (Å²) in [4.78, 5) is 14.9. The van der Waals surface area contributed by atoms with E-state index in [9.17, 15) is 13.2 Å². The number of sulfonamides is 1. The Labute approximate surface area is 170 Å². The molecule has 0 spiro atoms. The van der Waals surface area contributed by atoms with Gasteiger partial charge in [0.15, 0.2) is 11.5 Å². The summed E-state index contributed by atoms with van der Waals surface area (Å²) in [6.45, 7) is 1.83. The Bertz CT molecular complexity index is 1000. The largest absolute Gasteiger partial charge is 0.486 e. The maximum absolute atomic E-state index is 12.9. The molecule has 0 unspecified atom stereocenters. The molecule has 0 bridgehead atoms. The third-order valence-corrected chi connectivity index (χ3v) is 6.33. The van der Waals surface area contributed by atoms with Crippen LogP contribution in [0.5, 0.6) is 11.5 Å². The third-order valence-electron chi connectivity index (χ3n) is 5.40. The van der Waals surface area contributed by atoms with Gasteiger partial charge in [0, 0.05) is 13.0 Å². The van der Waals surface area contributed by atoms with Gasteiger partial charge in [0.25, 0.3) is 0 Å². The molecule has 1 atom stereocenters. The number of nitrogens with zero attached hydrogens (tertiary/aromatic N) is 1. The highest BCUT2D eigenvalue weighted by Gasteiger charge is 2.30. The number of hydrogen-bond donors (Lipinski definition) is 1. The van der Waals surface area contributed by atoms with E-state index < -0.39 is 10.0 Å². The zero-order valence-corrected chi connectivity index (χ0v) is 16.9. The Hall–Kier alpha value is -2.58. The van der Waals surface area contributed by atoms with Crippen molar-refractivity contribution in [1.82, 2.24) is 4.90 Å². The number of carbonyl (C=O) groups is 1. The molecule has 1 saturated heterocycles. The van der Waals surface area contributed by atoms with E-state index in [4.69, 9.17) is 14.6 Å². The van der Waals surface area contributed by atoms with Crippen molar-refractivity contribution in [3.05, 3.63) is 53.6 Å². The van der Waals surface area contributed by atoms with Crippen molar-refractivity contribution in [2.45, 2.75) is 36.6 Å². The number of primary sulfonamides is 1. The molecule has 1 amide bonds. The summed E-state index contributed by atoms with van der Waals surface area (Å²) in [6.07, 6.45) is 2.81. The van der Waals surface area contributed by atoms with Crippen molar-refractivity contribution in [2.75, 3.05) is 19.8 Å². The van der Waals surface area contributed by atoms with Crippen LogP contribution in [0, 0.1) is 0 Å². The first kappa shape index (κ1) is 19.7. The summed E-state index contributed by atoms with van der Waals surface area (Å²) < 4.78 is 33.9. The number of ether oxygens (including phenoxy) is 2. The van der Waals surface area contributed by atoms with E-state index >= 15 is 0 Å². The number of rotatable bonds is 5. The number of carbonyl (C=O) groups excluding carboxylic acids is 1. The highest BCUT2D eigenvalue weighted by molar-refractivity contribution is 7.89. The molecule has 2 aromatic carbocycles. The van der Waals surface area contributed by atoms with Crippen molar-refractivity contribution < 1.29 is 22.7 Å². The van der Waals surface area contributed by atoms with Crippen molar-refractivity contribution in [1.29, 1.82) is 0 Å². The fourth-order valence-corrected chi connectivity index (χ4v) is 4.44. The first-order chi connectivity index (χ1) is 13.9. The van der Waals surface area contributed by atoms with E-state index in [1.54, 1.807) is 12.1 Å². The zero-order chi connectivity index (χ0) is 20.4. The second kappa shape index (κ2) is 8.04. The van der Waals surface area contributed by atoms with Gasteiger partial charge in [-0.25, -0.2) is 13.6 Å². The molecule has 29 heavy (non-hydrogen) atoms. The van der Waals surface area contributed by atoms with E-state index in [1.807, 2.05) is 23.1 Å². The van der Waals surface area contributed by atoms with Crippen LogP contribution in [0.1, 0.15) is 36.4 Å². The second-order valence-electron chi connectivity index (χ2n) is 7.34. The molecule has 0 aromatic heterocycles. The summed E-state index contributed by atoms with van der Waals surface area (Å²) in [5, 5.41) is 5.12. The van der Waals surface area contributed by atoms with Crippen LogP contribution in [-0.2, 0) is 21.2 Å². The van der Waals surface area contributed by atoms with Crippen molar-refractivity contribution >= 4 is 15.9 Å². The normalized spacial score (nSPS) is 18.7. The maximum atomic E-state index is 12.9. The molecule has 2 N–H and O–H groups in total. The van der Waals surface area contributed by atoms with Gasteiger partial charge in [-0.1, -0.05) is 18.2 Å². The summed E-state index contributed by atoms with van der Waals surface area (Å²) in [6, 6.07) is 12.3. The molecule has 0 aliphatic carbocycles. The van der Waals surface area contributed by atoms with Crippen LogP contribution in [-0.4, -0.2) is 39.0 Å². The van der Waals surface area contributed by atoms with Gasteiger partial charge in [0.2, 0.25) is 15.9 Å². The lowest BCUT2D eigenvalue weighted by atomic mass is 10.0. The van der Waals surface area contributed by atoms with Crippen LogP contribution in [0.2, 0.25) is 0 Å². The molecule has 2 heterocycles. The van der Waals surface area contributed by atoms with E-state index in [2.05, 4.69) is 0 Å². The Morgan fingerprint density at radius 2 is 1.79 bits per heavy atom. The summed E-state index contributed by atoms with van der Waals surface area (Å²) in [7, 11) is -3.70. The van der Waals surface area contributed by atoms with Crippen LogP contribution < -0.4 is 14.6 Å². The minimum atomic E-state index is -3.70. The fourth-order valence-electron chi connectivity index (χ4n) is 3.92. The maximum Gasteiger partial charge on any atom is 0.238 e. The van der Waals surface area contributed by atoms with Crippen molar-refractivity contribution in [3.63, 3.8) is 0 Å². The van der Waals surface area contributed by atoms with Gasteiger partial charge < -0.3 is 14.4 Å². The fraction of sp³-hybridized carbons (Fsp3) is 0.381. The van der Waals surface area contributed by atoms with E-state index in [0.717, 1.165) is 42.0 Å². The number of fused-ring (bicyclic) bond motifs is 1. The smallest absolute Gasteiger partial charge is 0.238 e. The summed E-state index contributed by atoms with van der Waals surface area (Å²) in [5.41, 5.74) is 1.97. The lowest BCUT2D eigenvalue weighted by molar-refractivity contribution is -0.132. The summed E-state index contributed by atoms with van der Waals surface area (Å²) in [5.74, 6) is 1.58. The van der Waals surface area contributed by atoms with Crippen molar-refractivity contribution in [3.8, 4) is 11.5 Å². The average molecular weight is 416 g/mol. The number of hydrogen-bond acceptors (Lipinski definition) is 5. The van der Waals surface area contributed by atoms with Crippen LogP contribution >= 0.6 is 0 Å². The number of likely N-dealkylation sites (tertiary alicyclic amines) is 1. The monoisotopic (exact) mass is 416 g/mol. The van der Waals surface area contributed by atoms with Crippen LogP contribution in [0.4, 0.5) is 0 Å². The Morgan fingerprint density at radius 1 is 1.07 bits per heavy atom. The first-order valence-electron chi connectivity index (χ1n) is 9.72. The zero-order valence-electron chi connectivity index (χ0n) is 16.0. The first-order valence-corrected chi connectivity index (χ1v) is 11.3. The Kier molecular flexibility index (Phi) is 5.47. The lowest BCUT2D eigenvalue weighted by Crippen LogP contribution is -2.30. The van der Waals surface area contributed by atoms with Gasteiger partial charge in [-0.3, -0.25) is 4.79 Å². The van der Waals surface area contributed by atoms with Crippen LogP contribution in [0.25, 0.3) is 0 Å². The molecule has 8 heteroatoms. The van der Waals surface area contributed by atoms with Gasteiger partial charge in [0.05, 0.1) is 10.9 Å². The minimum Gasteiger partial charge on any atom is -0.486 e. The van der Waals surface area contributed by atoms with Gasteiger partial charge in [-0.05, 0) is 54.7 Å². The second-order valence-corrected chi connectivity index (χ2v) is 8.90. The quantitative estimate of drug-likeness (QED) is 0.807. The molecule has 1 fully saturated rings. The molecule has 2 aliphatic rings. The van der Waals surface area contributed by atoms with E-state index in [0.29, 0.717) is 26.1 Å². The molecule has 2 aromatic rings. The molecular weight excluding hydrogens is 392 g/mol. The third kappa shape index (κ3) is 4.38. The van der Waals surface area contributed by atoms with E-state index in [1.165, 1.54) is 12.1 Å². The molecule has 154 valence electrons. The highest BCUT2D eigenvalue weighted by atomic mass is 32.2. The average Bonchev–Trinajstić information content (AvgIpc) is 3.21.